The summed E-state index contributed by atoms with van der Waals surface area (Å²) < 4.78 is 0. The Morgan fingerprint density at radius 1 is 0.875 bits per heavy atom. The minimum atomic E-state index is -1.59. The molecule has 0 aliphatic heterocycles. The van der Waals surface area contributed by atoms with Gasteiger partial charge in [-0.3, -0.25) is 24.2 Å². The number of guanidine groups is 1. The second kappa shape index (κ2) is 16.5. The van der Waals surface area contributed by atoms with E-state index in [0.29, 0.717) is 12.0 Å². The summed E-state index contributed by atoms with van der Waals surface area (Å²) in [5, 5.41) is 35.5. The molecule has 0 spiro atoms. The second-order valence-corrected chi connectivity index (χ2v) is 9.68. The zero-order valence-corrected chi connectivity index (χ0v) is 22.5. The highest BCUT2D eigenvalue weighted by Gasteiger charge is 2.31. The van der Waals surface area contributed by atoms with Gasteiger partial charge in [-0.15, -0.1) is 0 Å². The molecule has 12 N–H and O–H groups in total. The molecule has 0 saturated carbocycles. The molecule has 222 valence electrons. The molecule has 3 amide bonds. The number of hydrogen-bond donors (Lipinski definition) is 9. The van der Waals surface area contributed by atoms with E-state index in [-0.39, 0.29) is 43.4 Å². The molecule has 0 aliphatic carbocycles. The molecule has 4 unspecified atom stereocenters. The quantitative estimate of drug-likeness (QED) is 0.0587. The van der Waals surface area contributed by atoms with E-state index < -0.39 is 60.2 Å². The van der Waals surface area contributed by atoms with Gasteiger partial charge in [-0.2, -0.15) is 0 Å². The highest BCUT2D eigenvalue weighted by atomic mass is 16.4. The minimum absolute atomic E-state index is 0.0319. The third kappa shape index (κ3) is 12.9. The zero-order chi connectivity index (χ0) is 30.4. The number of aliphatic imine (C=N–C) groups is 1. The van der Waals surface area contributed by atoms with Crippen molar-refractivity contribution < 1.29 is 39.3 Å². The van der Waals surface area contributed by atoms with Crippen LogP contribution in [0.15, 0.2) is 29.3 Å². The first-order valence-corrected chi connectivity index (χ1v) is 12.6. The molecular weight excluding hydrogens is 526 g/mol. The van der Waals surface area contributed by atoms with E-state index >= 15 is 0 Å². The summed E-state index contributed by atoms with van der Waals surface area (Å²) in [6.45, 7) is 3.77. The van der Waals surface area contributed by atoms with Gasteiger partial charge < -0.3 is 48.5 Å². The van der Waals surface area contributed by atoms with Crippen molar-refractivity contribution in [2.24, 2.45) is 28.1 Å². The molecule has 15 heteroatoms. The van der Waals surface area contributed by atoms with Crippen molar-refractivity contribution in [2.45, 2.75) is 70.1 Å². The van der Waals surface area contributed by atoms with Crippen LogP contribution < -0.4 is 33.2 Å². The highest BCUT2D eigenvalue weighted by Crippen LogP contribution is 2.13. The average Bonchev–Trinajstić information content (AvgIpc) is 2.85. The first-order valence-electron chi connectivity index (χ1n) is 12.6. The maximum atomic E-state index is 13.1. The average molecular weight is 566 g/mol. The SMILES string of the molecule is CC(C)CC(NC(=O)C(Cc1ccc(O)cc1)NC(=O)C(CC(=O)O)NC(=O)C(N)CCCN=C(N)N)C(=O)O. The fourth-order valence-electron chi connectivity index (χ4n) is 3.63. The summed E-state index contributed by atoms with van der Waals surface area (Å²) in [6, 6.07) is 0.479. The van der Waals surface area contributed by atoms with E-state index in [0.717, 1.165) is 0 Å². The van der Waals surface area contributed by atoms with E-state index in [2.05, 4.69) is 20.9 Å². The van der Waals surface area contributed by atoms with E-state index in [1.165, 1.54) is 24.3 Å². The first kappa shape index (κ1) is 33.6. The monoisotopic (exact) mass is 565 g/mol. The number of phenolic OH excluding ortho intramolecular Hbond substituents is 1. The van der Waals surface area contributed by atoms with E-state index in [9.17, 15) is 39.3 Å². The lowest BCUT2D eigenvalue weighted by atomic mass is 10.0. The normalized spacial score (nSPS) is 13.8. The number of phenols is 1. The number of nitrogens with two attached hydrogens (primary N) is 3. The van der Waals surface area contributed by atoms with Crippen LogP contribution in [0.5, 0.6) is 5.75 Å². The largest absolute Gasteiger partial charge is 0.508 e. The predicted molar refractivity (Wildman–Crippen MR) is 145 cm³/mol. The van der Waals surface area contributed by atoms with Crippen molar-refractivity contribution in [3.05, 3.63) is 29.8 Å². The molecule has 0 heterocycles. The van der Waals surface area contributed by atoms with Crippen LogP contribution in [0.3, 0.4) is 0 Å². The van der Waals surface area contributed by atoms with Gasteiger partial charge >= 0.3 is 11.9 Å². The summed E-state index contributed by atoms with van der Waals surface area (Å²) in [5.74, 6) is -5.49. The number of carbonyl (C=O) groups is 5. The van der Waals surface area contributed by atoms with Gasteiger partial charge in [-0.05, 0) is 42.9 Å². The van der Waals surface area contributed by atoms with Gasteiger partial charge in [0.1, 0.15) is 23.9 Å². The fourth-order valence-corrected chi connectivity index (χ4v) is 3.63. The van der Waals surface area contributed by atoms with Gasteiger partial charge in [-0.25, -0.2) is 4.79 Å². The number of carboxylic acid groups (broad SMARTS) is 2. The third-order valence-electron chi connectivity index (χ3n) is 5.65. The van der Waals surface area contributed by atoms with Crippen molar-refractivity contribution in [3.8, 4) is 5.75 Å². The van der Waals surface area contributed by atoms with Crippen molar-refractivity contribution in [1.82, 2.24) is 16.0 Å². The third-order valence-corrected chi connectivity index (χ3v) is 5.65. The van der Waals surface area contributed by atoms with Crippen LogP contribution in [-0.2, 0) is 30.4 Å². The van der Waals surface area contributed by atoms with Gasteiger partial charge in [0.2, 0.25) is 17.7 Å². The van der Waals surface area contributed by atoms with Crippen molar-refractivity contribution in [1.29, 1.82) is 0 Å². The van der Waals surface area contributed by atoms with Crippen molar-refractivity contribution >= 4 is 35.6 Å². The number of rotatable bonds is 17. The lowest BCUT2D eigenvalue weighted by molar-refractivity contribution is -0.143. The molecule has 40 heavy (non-hydrogen) atoms. The molecule has 1 rings (SSSR count). The number of nitrogens with zero attached hydrogens (tertiary/aromatic N) is 1. The topological polar surface area (TPSA) is 273 Å². The number of nitrogens with one attached hydrogen (secondary N) is 3. The Morgan fingerprint density at radius 2 is 1.43 bits per heavy atom. The lowest BCUT2D eigenvalue weighted by Gasteiger charge is -2.25. The van der Waals surface area contributed by atoms with Crippen LogP contribution in [-0.4, -0.2) is 81.7 Å². The molecule has 1 aromatic carbocycles. The van der Waals surface area contributed by atoms with Gasteiger partial charge in [0.15, 0.2) is 5.96 Å². The van der Waals surface area contributed by atoms with Crippen LogP contribution in [0.25, 0.3) is 0 Å². The molecule has 4 atom stereocenters. The van der Waals surface area contributed by atoms with Crippen molar-refractivity contribution in [3.63, 3.8) is 0 Å². The van der Waals surface area contributed by atoms with Gasteiger partial charge in [0.05, 0.1) is 12.5 Å². The predicted octanol–water partition coefficient (Wildman–Crippen LogP) is -1.62. The Bertz CT molecular complexity index is 1060. The number of carbonyl (C=O) groups excluding carboxylic acids is 3. The smallest absolute Gasteiger partial charge is 0.326 e. The maximum Gasteiger partial charge on any atom is 0.326 e. The zero-order valence-electron chi connectivity index (χ0n) is 22.5. The molecule has 15 nitrogen and oxygen atoms in total. The number of aromatic hydroxyl groups is 1. The summed E-state index contributed by atoms with van der Waals surface area (Å²) in [5.41, 5.74) is 16.9. The van der Waals surface area contributed by atoms with Crippen LogP contribution >= 0.6 is 0 Å². The summed E-state index contributed by atoms with van der Waals surface area (Å²) >= 11 is 0. The number of aliphatic carboxylic acids is 2. The highest BCUT2D eigenvalue weighted by molar-refractivity contribution is 5.95. The minimum Gasteiger partial charge on any atom is -0.508 e. The molecule has 0 aromatic heterocycles. The summed E-state index contributed by atoms with van der Waals surface area (Å²) in [4.78, 5) is 65.7. The number of hydrogen-bond acceptors (Lipinski definition) is 8. The molecule has 0 aliphatic rings. The van der Waals surface area contributed by atoms with E-state index in [1.54, 1.807) is 13.8 Å². The Morgan fingerprint density at radius 3 is 1.95 bits per heavy atom. The van der Waals surface area contributed by atoms with Crippen LogP contribution in [0.4, 0.5) is 0 Å². The standard InChI is InChI=1S/C25H39N7O8/c1-13(2)10-19(24(39)40)32-22(37)17(11-14-5-7-15(33)8-6-14)31-23(38)18(12-20(34)35)30-21(36)16(26)4-3-9-29-25(27)28/h5-8,13,16-19,33H,3-4,9-12,26H2,1-2H3,(H,30,36)(H,31,38)(H,32,37)(H,34,35)(H,39,40)(H4,27,28,29). The van der Waals surface area contributed by atoms with Gasteiger partial charge in [0, 0.05) is 13.0 Å². The van der Waals surface area contributed by atoms with Gasteiger partial charge in [0.25, 0.3) is 0 Å². The van der Waals surface area contributed by atoms with Crippen LogP contribution in [0.1, 0.15) is 45.1 Å². The number of benzene rings is 1. The van der Waals surface area contributed by atoms with E-state index in [1.807, 2.05) is 0 Å². The number of amides is 3. The molecule has 0 fully saturated rings. The number of carboxylic acids is 2. The Kier molecular flexibility index (Phi) is 13.9. The van der Waals surface area contributed by atoms with Gasteiger partial charge in [-0.1, -0.05) is 26.0 Å². The first-order chi connectivity index (χ1) is 18.7. The molecule has 0 saturated heterocycles. The van der Waals surface area contributed by atoms with Crippen LogP contribution in [0, 0.1) is 5.92 Å². The molecule has 1 aromatic rings. The van der Waals surface area contributed by atoms with Crippen molar-refractivity contribution in [2.75, 3.05) is 6.54 Å². The second-order valence-electron chi connectivity index (χ2n) is 9.68. The van der Waals surface area contributed by atoms with Crippen LogP contribution in [0.2, 0.25) is 0 Å². The van der Waals surface area contributed by atoms with E-state index in [4.69, 9.17) is 17.2 Å². The molecule has 0 radical (unpaired) electrons. The Hall–Kier alpha value is -4.40. The summed E-state index contributed by atoms with van der Waals surface area (Å²) in [7, 11) is 0. The molecule has 0 bridgehead atoms. The maximum absolute atomic E-state index is 13.1. The fraction of sp³-hybridized carbons (Fsp3) is 0.520. The molecular formula is C25H39N7O8. The summed E-state index contributed by atoms with van der Waals surface area (Å²) in [6.07, 6.45) is -0.318. The lowest BCUT2D eigenvalue weighted by Crippen LogP contribution is -2.58. The Labute approximate surface area is 231 Å². The Balaban J connectivity index is 3.09.